The normalized spacial score (nSPS) is 10.3. The molecule has 92 valence electrons. The molecule has 0 aliphatic heterocycles. The zero-order valence-corrected chi connectivity index (χ0v) is 10.5. The van der Waals surface area contributed by atoms with Gasteiger partial charge in [-0.2, -0.15) is 0 Å². The number of aromatic nitrogens is 1. The number of hydrogen-bond donors (Lipinski definition) is 2. The monoisotopic (exact) mass is 311 g/mol. The fourth-order valence-electron chi connectivity index (χ4n) is 1.45. The predicted octanol–water partition coefficient (Wildman–Crippen LogP) is 2.85. The molecule has 2 rings (SSSR count). The van der Waals surface area contributed by atoms with Crippen molar-refractivity contribution in [2.45, 2.75) is 0 Å². The molecule has 0 aliphatic carbocycles. The molecule has 0 saturated heterocycles. The van der Waals surface area contributed by atoms with E-state index >= 15 is 0 Å². The number of halogens is 2. The lowest BCUT2D eigenvalue weighted by atomic mass is 10.1. The second kappa shape index (κ2) is 4.73. The van der Waals surface area contributed by atoms with Gasteiger partial charge in [-0.15, -0.1) is 0 Å². The van der Waals surface area contributed by atoms with E-state index in [-0.39, 0.29) is 27.1 Å². The average molecular weight is 312 g/mol. The fourth-order valence-corrected chi connectivity index (χ4v) is 1.83. The molecule has 0 saturated carbocycles. The van der Waals surface area contributed by atoms with Crippen molar-refractivity contribution in [2.75, 3.05) is 0 Å². The molecule has 18 heavy (non-hydrogen) atoms. The smallest absolute Gasteiger partial charge is 0.352 e. The lowest BCUT2D eigenvalue weighted by Crippen LogP contribution is -2.00. The Morgan fingerprint density at radius 2 is 1.94 bits per heavy atom. The molecule has 0 bridgehead atoms. The first-order valence-electron chi connectivity index (χ1n) is 4.90. The van der Waals surface area contributed by atoms with Crippen molar-refractivity contribution in [3.8, 4) is 0 Å². The van der Waals surface area contributed by atoms with Gasteiger partial charge in [0, 0.05) is 17.3 Å². The molecular formula is C12H7BrFNO3. The number of rotatable bonds is 3. The predicted molar refractivity (Wildman–Crippen MR) is 65.3 cm³/mol. The minimum absolute atomic E-state index is 0.0699. The van der Waals surface area contributed by atoms with Crippen LogP contribution in [0.5, 0.6) is 0 Å². The van der Waals surface area contributed by atoms with Gasteiger partial charge in [-0.1, -0.05) is 0 Å². The highest BCUT2D eigenvalue weighted by Crippen LogP contribution is 2.19. The third-order valence-electron chi connectivity index (χ3n) is 2.36. The van der Waals surface area contributed by atoms with Crippen LogP contribution < -0.4 is 0 Å². The summed E-state index contributed by atoms with van der Waals surface area (Å²) in [6, 6.07) is 5.10. The number of aromatic amines is 1. The van der Waals surface area contributed by atoms with E-state index in [9.17, 15) is 14.0 Å². The Morgan fingerprint density at radius 1 is 1.22 bits per heavy atom. The molecule has 1 aromatic heterocycles. The van der Waals surface area contributed by atoms with Gasteiger partial charge in [-0.05, 0) is 40.2 Å². The van der Waals surface area contributed by atoms with Crippen LogP contribution in [-0.4, -0.2) is 21.8 Å². The maximum Gasteiger partial charge on any atom is 0.352 e. The zero-order chi connectivity index (χ0) is 13.3. The Balaban J connectivity index is 2.35. The molecule has 2 N–H and O–H groups in total. The first-order chi connectivity index (χ1) is 8.49. The lowest BCUT2D eigenvalue weighted by molar-refractivity contribution is 0.0691. The van der Waals surface area contributed by atoms with Crippen molar-refractivity contribution >= 4 is 27.7 Å². The lowest BCUT2D eigenvalue weighted by Gasteiger charge is -2.00. The number of ketones is 1. The van der Waals surface area contributed by atoms with E-state index in [1.54, 1.807) is 0 Å². The molecule has 0 unspecified atom stereocenters. The van der Waals surface area contributed by atoms with Crippen molar-refractivity contribution < 1.29 is 19.1 Å². The van der Waals surface area contributed by atoms with E-state index in [1.807, 2.05) is 0 Å². The summed E-state index contributed by atoms with van der Waals surface area (Å²) in [4.78, 5) is 25.1. The largest absolute Gasteiger partial charge is 0.477 e. The van der Waals surface area contributed by atoms with Crippen LogP contribution in [0.15, 0.2) is 34.9 Å². The van der Waals surface area contributed by atoms with Crippen LogP contribution in [0.3, 0.4) is 0 Å². The van der Waals surface area contributed by atoms with Gasteiger partial charge >= 0.3 is 5.97 Å². The number of aromatic carboxylic acids is 1. The Morgan fingerprint density at radius 3 is 2.50 bits per heavy atom. The van der Waals surface area contributed by atoms with Crippen LogP contribution >= 0.6 is 15.9 Å². The van der Waals surface area contributed by atoms with Gasteiger partial charge in [0.15, 0.2) is 5.78 Å². The number of carbonyl (C=O) groups excluding carboxylic acids is 1. The minimum Gasteiger partial charge on any atom is -0.477 e. The van der Waals surface area contributed by atoms with Crippen molar-refractivity contribution in [1.29, 1.82) is 0 Å². The maximum atomic E-state index is 13.0. The summed E-state index contributed by atoms with van der Waals surface area (Å²) >= 11 is 2.99. The second-order valence-corrected chi connectivity index (χ2v) is 4.42. The van der Waals surface area contributed by atoms with E-state index in [1.165, 1.54) is 30.5 Å². The number of nitrogens with one attached hydrogen (secondary N) is 1. The second-order valence-electron chi connectivity index (χ2n) is 3.57. The van der Waals surface area contributed by atoms with Gasteiger partial charge in [0.1, 0.15) is 11.5 Å². The molecule has 0 atom stereocenters. The zero-order valence-electron chi connectivity index (χ0n) is 8.91. The van der Waals surface area contributed by atoms with E-state index in [0.717, 1.165) is 0 Å². The van der Waals surface area contributed by atoms with Gasteiger partial charge in [0.2, 0.25) is 0 Å². The SMILES string of the molecule is O=C(c1c[nH]c(C(=O)O)c1)c1ccc(F)c(Br)c1. The number of carboxylic acid groups (broad SMARTS) is 1. The van der Waals surface area contributed by atoms with Crippen molar-refractivity contribution in [2.24, 2.45) is 0 Å². The van der Waals surface area contributed by atoms with Crippen molar-refractivity contribution in [3.63, 3.8) is 0 Å². The van der Waals surface area contributed by atoms with Gasteiger partial charge < -0.3 is 10.1 Å². The third kappa shape index (κ3) is 2.33. The summed E-state index contributed by atoms with van der Waals surface area (Å²) in [5.74, 6) is -1.99. The van der Waals surface area contributed by atoms with Crippen molar-refractivity contribution in [1.82, 2.24) is 4.98 Å². The van der Waals surface area contributed by atoms with Crippen LogP contribution in [0, 0.1) is 5.82 Å². The molecule has 2 aromatic rings. The van der Waals surface area contributed by atoms with Crippen LogP contribution in [0.2, 0.25) is 0 Å². The summed E-state index contributed by atoms with van der Waals surface area (Å²) in [6.07, 6.45) is 1.31. The van der Waals surface area contributed by atoms with E-state index in [2.05, 4.69) is 20.9 Å². The van der Waals surface area contributed by atoms with Crippen LogP contribution in [-0.2, 0) is 0 Å². The third-order valence-corrected chi connectivity index (χ3v) is 2.97. The first kappa shape index (κ1) is 12.5. The Kier molecular flexibility index (Phi) is 3.29. The van der Waals surface area contributed by atoms with Crippen LogP contribution in [0.1, 0.15) is 26.4 Å². The molecule has 0 aliphatic rings. The van der Waals surface area contributed by atoms with Crippen molar-refractivity contribution in [3.05, 3.63) is 57.6 Å². The van der Waals surface area contributed by atoms with E-state index < -0.39 is 11.8 Å². The summed E-state index contributed by atoms with van der Waals surface area (Å²) in [7, 11) is 0. The van der Waals surface area contributed by atoms with E-state index in [4.69, 9.17) is 5.11 Å². The highest BCUT2D eigenvalue weighted by Gasteiger charge is 2.14. The minimum atomic E-state index is -1.14. The number of H-pyrrole nitrogens is 1. The molecule has 1 aromatic carbocycles. The van der Waals surface area contributed by atoms with Crippen LogP contribution in [0.4, 0.5) is 4.39 Å². The van der Waals surface area contributed by atoms with Gasteiger partial charge in [-0.25, -0.2) is 9.18 Å². The molecule has 0 fully saturated rings. The standard InChI is InChI=1S/C12H7BrFNO3/c13-8-3-6(1-2-9(8)14)11(16)7-4-10(12(17)18)15-5-7/h1-5,15H,(H,17,18). The molecular weight excluding hydrogens is 305 g/mol. The van der Waals surface area contributed by atoms with Gasteiger partial charge in [-0.3, -0.25) is 4.79 Å². The molecule has 0 amide bonds. The topological polar surface area (TPSA) is 70.2 Å². The Bertz CT molecular complexity index is 636. The highest BCUT2D eigenvalue weighted by molar-refractivity contribution is 9.10. The number of carboxylic acids is 1. The molecule has 0 radical (unpaired) electrons. The van der Waals surface area contributed by atoms with Gasteiger partial charge in [0.05, 0.1) is 4.47 Å². The molecule has 6 heteroatoms. The first-order valence-corrected chi connectivity index (χ1v) is 5.70. The Labute approximate surface area is 110 Å². The average Bonchev–Trinajstić information content (AvgIpc) is 2.81. The Hall–Kier alpha value is -1.95. The highest BCUT2D eigenvalue weighted by atomic mass is 79.9. The van der Waals surface area contributed by atoms with Crippen LogP contribution in [0.25, 0.3) is 0 Å². The molecule has 1 heterocycles. The maximum absolute atomic E-state index is 13.0. The summed E-state index contributed by atoms with van der Waals surface area (Å²) in [5.41, 5.74) is 0.421. The summed E-state index contributed by atoms with van der Waals surface area (Å²) in [5, 5.41) is 8.73. The van der Waals surface area contributed by atoms with Gasteiger partial charge in [0.25, 0.3) is 0 Å². The number of hydrogen-bond acceptors (Lipinski definition) is 2. The summed E-state index contributed by atoms with van der Waals surface area (Å²) in [6.45, 7) is 0. The summed E-state index contributed by atoms with van der Waals surface area (Å²) < 4.78 is 13.2. The molecule has 0 spiro atoms. The number of benzene rings is 1. The quantitative estimate of drug-likeness (QED) is 0.856. The fraction of sp³-hybridized carbons (Fsp3) is 0. The number of carbonyl (C=O) groups is 2. The molecule has 4 nitrogen and oxygen atoms in total. The van der Waals surface area contributed by atoms with E-state index in [0.29, 0.717) is 0 Å².